The first-order chi connectivity index (χ1) is 9.54. The van der Waals surface area contributed by atoms with Gasteiger partial charge in [-0.1, -0.05) is 6.07 Å². The van der Waals surface area contributed by atoms with Crippen molar-refractivity contribution in [3.05, 3.63) is 35.7 Å². The fourth-order valence-corrected chi connectivity index (χ4v) is 4.60. The van der Waals surface area contributed by atoms with Crippen LogP contribution in [0.2, 0.25) is 0 Å². The standard InChI is InChI=1S/C12H10N2O3S3/c15-11-7-19-10-4-3-8(6-9(10)13-11)14-20(16,17)12-2-1-5-18-12/h1-6,14H,7H2,(H,13,15). The third kappa shape index (κ3) is 2.67. The molecule has 2 heterocycles. The number of anilines is 2. The molecular weight excluding hydrogens is 316 g/mol. The topological polar surface area (TPSA) is 75.3 Å². The van der Waals surface area contributed by atoms with Crippen LogP contribution in [0.5, 0.6) is 0 Å². The van der Waals surface area contributed by atoms with Crippen molar-refractivity contribution in [2.75, 3.05) is 15.8 Å². The number of fused-ring (bicyclic) bond motifs is 1. The third-order valence-corrected chi connectivity index (χ3v) is 6.48. The highest BCUT2D eigenvalue weighted by atomic mass is 32.2. The fourth-order valence-electron chi connectivity index (χ4n) is 1.77. The van der Waals surface area contributed by atoms with Gasteiger partial charge in [0.1, 0.15) is 4.21 Å². The van der Waals surface area contributed by atoms with Gasteiger partial charge in [-0.3, -0.25) is 9.52 Å². The van der Waals surface area contributed by atoms with Crippen molar-refractivity contribution in [3.8, 4) is 0 Å². The van der Waals surface area contributed by atoms with Crippen molar-refractivity contribution in [2.45, 2.75) is 9.10 Å². The van der Waals surface area contributed by atoms with Gasteiger partial charge in [-0.2, -0.15) is 0 Å². The van der Waals surface area contributed by atoms with Crippen molar-refractivity contribution in [3.63, 3.8) is 0 Å². The van der Waals surface area contributed by atoms with Crippen molar-refractivity contribution >= 4 is 50.4 Å². The molecule has 2 N–H and O–H groups in total. The molecular formula is C12H10N2O3S3. The van der Waals surface area contributed by atoms with Gasteiger partial charge in [-0.25, -0.2) is 8.42 Å². The van der Waals surface area contributed by atoms with Crippen LogP contribution in [0.25, 0.3) is 0 Å². The van der Waals surface area contributed by atoms with Crippen molar-refractivity contribution in [2.24, 2.45) is 0 Å². The molecule has 0 spiro atoms. The van der Waals surface area contributed by atoms with Crippen LogP contribution in [-0.2, 0) is 14.8 Å². The van der Waals surface area contributed by atoms with E-state index >= 15 is 0 Å². The van der Waals surface area contributed by atoms with Gasteiger partial charge in [0.05, 0.1) is 17.1 Å². The molecule has 3 rings (SSSR count). The minimum absolute atomic E-state index is 0.0826. The predicted molar refractivity (Wildman–Crippen MR) is 80.9 cm³/mol. The number of nitrogens with one attached hydrogen (secondary N) is 2. The van der Waals surface area contributed by atoms with Gasteiger partial charge in [-0.15, -0.1) is 23.1 Å². The van der Waals surface area contributed by atoms with Crippen molar-refractivity contribution < 1.29 is 13.2 Å². The van der Waals surface area contributed by atoms with Gasteiger partial charge in [0.15, 0.2) is 0 Å². The summed E-state index contributed by atoms with van der Waals surface area (Å²) in [5.74, 6) is 0.300. The molecule has 1 aliphatic heterocycles. The second kappa shape index (κ2) is 5.12. The Hall–Kier alpha value is -1.51. The van der Waals surface area contributed by atoms with E-state index in [1.54, 1.807) is 35.7 Å². The minimum atomic E-state index is -3.56. The second-order valence-corrected chi connectivity index (χ2v) is 7.96. The molecule has 0 unspecified atom stereocenters. The van der Waals surface area contributed by atoms with E-state index in [0.717, 1.165) is 16.2 Å². The summed E-state index contributed by atoms with van der Waals surface area (Å²) in [6.45, 7) is 0. The zero-order chi connectivity index (χ0) is 14.2. The summed E-state index contributed by atoms with van der Waals surface area (Å²) in [6, 6.07) is 8.34. The van der Waals surface area contributed by atoms with Crippen LogP contribution in [0.1, 0.15) is 0 Å². The highest BCUT2D eigenvalue weighted by Crippen LogP contribution is 2.34. The molecule has 5 nitrogen and oxygen atoms in total. The highest BCUT2D eigenvalue weighted by Gasteiger charge is 2.18. The van der Waals surface area contributed by atoms with Crippen LogP contribution < -0.4 is 10.0 Å². The lowest BCUT2D eigenvalue weighted by Gasteiger charge is -2.17. The predicted octanol–water partition coefficient (Wildman–Crippen LogP) is 2.59. The third-order valence-electron chi connectivity index (χ3n) is 2.62. The van der Waals surface area contributed by atoms with Gasteiger partial charge in [-0.05, 0) is 29.6 Å². The molecule has 1 aromatic heterocycles. The molecule has 1 amide bonds. The number of amides is 1. The van der Waals surface area contributed by atoms with E-state index < -0.39 is 10.0 Å². The SMILES string of the molecule is O=C1CSc2ccc(NS(=O)(=O)c3cccs3)cc2N1. The van der Waals surface area contributed by atoms with Crippen molar-refractivity contribution in [1.82, 2.24) is 0 Å². The second-order valence-electron chi connectivity index (χ2n) is 4.09. The minimum Gasteiger partial charge on any atom is -0.324 e. The molecule has 0 saturated heterocycles. The van der Waals surface area contributed by atoms with Crippen LogP contribution in [-0.4, -0.2) is 20.1 Å². The lowest BCUT2D eigenvalue weighted by molar-refractivity contribution is -0.113. The lowest BCUT2D eigenvalue weighted by atomic mass is 10.3. The Balaban J connectivity index is 1.89. The van der Waals surface area contributed by atoms with E-state index in [-0.39, 0.29) is 10.1 Å². The van der Waals surface area contributed by atoms with E-state index in [0.29, 0.717) is 17.1 Å². The summed E-state index contributed by atoms with van der Waals surface area (Å²) in [5, 5.41) is 4.44. The van der Waals surface area contributed by atoms with Gasteiger partial charge in [0.25, 0.3) is 10.0 Å². The summed E-state index contributed by atoms with van der Waals surface area (Å²) in [7, 11) is -3.56. The highest BCUT2D eigenvalue weighted by molar-refractivity contribution is 8.00. The Morgan fingerprint density at radius 1 is 1.25 bits per heavy atom. The average molecular weight is 326 g/mol. The first-order valence-corrected chi connectivity index (χ1v) is 9.02. The Labute approximate surface area is 124 Å². The maximum Gasteiger partial charge on any atom is 0.271 e. The maximum absolute atomic E-state index is 12.1. The van der Waals surface area contributed by atoms with Crippen LogP contribution in [0.3, 0.4) is 0 Å². The number of hydrogen-bond donors (Lipinski definition) is 2. The fraction of sp³-hybridized carbons (Fsp3) is 0.0833. The number of thiophene rings is 1. The Morgan fingerprint density at radius 3 is 2.85 bits per heavy atom. The number of carbonyl (C=O) groups excluding carboxylic acids is 1. The summed E-state index contributed by atoms with van der Waals surface area (Å²) in [5.41, 5.74) is 1.07. The molecule has 0 fully saturated rings. The van der Waals surface area contributed by atoms with Gasteiger partial charge in [0, 0.05) is 4.90 Å². The maximum atomic E-state index is 12.1. The number of benzene rings is 1. The summed E-state index contributed by atoms with van der Waals surface area (Å²) >= 11 is 2.59. The summed E-state index contributed by atoms with van der Waals surface area (Å²) in [4.78, 5) is 12.3. The summed E-state index contributed by atoms with van der Waals surface area (Å²) in [6.07, 6.45) is 0. The smallest absolute Gasteiger partial charge is 0.271 e. The van der Waals surface area contributed by atoms with Gasteiger partial charge < -0.3 is 5.32 Å². The Kier molecular flexibility index (Phi) is 3.45. The van der Waals surface area contributed by atoms with Crippen LogP contribution >= 0.6 is 23.1 Å². The molecule has 0 saturated carbocycles. The van der Waals surface area contributed by atoms with Crippen LogP contribution in [0.4, 0.5) is 11.4 Å². The number of thioether (sulfide) groups is 1. The molecule has 1 aromatic carbocycles. The van der Waals surface area contributed by atoms with E-state index in [1.165, 1.54) is 11.8 Å². The zero-order valence-corrected chi connectivity index (χ0v) is 12.6. The number of carbonyl (C=O) groups is 1. The first-order valence-electron chi connectivity index (χ1n) is 5.68. The van der Waals surface area contributed by atoms with Crippen LogP contribution in [0.15, 0.2) is 44.8 Å². The Bertz CT molecular complexity index is 754. The quantitative estimate of drug-likeness (QED) is 0.909. The normalized spacial score (nSPS) is 14.5. The molecule has 104 valence electrons. The number of hydrogen-bond acceptors (Lipinski definition) is 5. The van der Waals surface area contributed by atoms with E-state index in [9.17, 15) is 13.2 Å². The molecule has 20 heavy (non-hydrogen) atoms. The molecule has 0 atom stereocenters. The van der Waals surface area contributed by atoms with Crippen molar-refractivity contribution in [1.29, 1.82) is 0 Å². The first kappa shape index (κ1) is 13.5. The molecule has 0 aliphatic carbocycles. The Morgan fingerprint density at radius 2 is 2.10 bits per heavy atom. The molecule has 8 heteroatoms. The monoisotopic (exact) mass is 326 g/mol. The number of sulfonamides is 1. The van der Waals surface area contributed by atoms with E-state index in [2.05, 4.69) is 10.0 Å². The summed E-state index contributed by atoms with van der Waals surface area (Å²) < 4.78 is 27.0. The average Bonchev–Trinajstić information content (AvgIpc) is 2.92. The molecule has 2 aromatic rings. The van der Waals surface area contributed by atoms with E-state index in [1.807, 2.05) is 0 Å². The van der Waals surface area contributed by atoms with Gasteiger partial charge >= 0.3 is 0 Å². The molecule has 0 radical (unpaired) electrons. The van der Waals surface area contributed by atoms with Crippen LogP contribution in [0, 0.1) is 0 Å². The largest absolute Gasteiger partial charge is 0.324 e. The molecule has 1 aliphatic rings. The molecule has 0 bridgehead atoms. The zero-order valence-electron chi connectivity index (χ0n) is 10.1. The van der Waals surface area contributed by atoms with Gasteiger partial charge in [0.2, 0.25) is 5.91 Å². The number of rotatable bonds is 3. The van der Waals surface area contributed by atoms with E-state index in [4.69, 9.17) is 0 Å². The lowest BCUT2D eigenvalue weighted by Crippen LogP contribution is -2.19.